The summed E-state index contributed by atoms with van der Waals surface area (Å²) in [4.78, 5) is 8.73. The number of hydrogen-bond donors (Lipinski definition) is 1. The largest absolute Gasteiger partial charge is 0.314 e. The van der Waals surface area contributed by atoms with E-state index >= 15 is 0 Å². The Labute approximate surface area is 124 Å². The molecule has 1 unspecified atom stereocenters. The van der Waals surface area contributed by atoms with E-state index in [9.17, 15) is 0 Å². The lowest BCUT2D eigenvalue weighted by Gasteiger charge is -2.32. The molecule has 1 N–H and O–H groups in total. The minimum absolute atomic E-state index is 0.465. The Hall–Kier alpha value is -1.23. The molecule has 0 amide bonds. The fraction of sp³-hybridized carbons (Fsp3) is 0.438. The van der Waals surface area contributed by atoms with Gasteiger partial charge in [0.15, 0.2) is 0 Å². The maximum absolute atomic E-state index is 4.77. The fourth-order valence-corrected chi connectivity index (χ4v) is 3.89. The first-order valence-electron chi connectivity index (χ1n) is 7.23. The van der Waals surface area contributed by atoms with Gasteiger partial charge in [0.2, 0.25) is 0 Å². The predicted octanol–water partition coefficient (Wildman–Crippen LogP) is 3.08. The normalized spacial score (nSPS) is 18.1. The summed E-state index contributed by atoms with van der Waals surface area (Å²) < 4.78 is 0. The van der Waals surface area contributed by atoms with E-state index in [0.717, 1.165) is 31.2 Å². The molecule has 1 aliphatic heterocycles. The molecule has 1 saturated heterocycles. The van der Waals surface area contributed by atoms with E-state index in [1.165, 1.54) is 16.1 Å². The zero-order valence-corrected chi connectivity index (χ0v) is 12.9. The third-order valence-electron chi connectivity index (χ3n) is 3.93. The Morgan fingerprint density at radius 2 is 1.90 bits per heavy atom. The van der Waals surface area contributed by atoms with Crippen molar-refractivity contribution >= 4 is 11.3 Å². The molecule has 1 atom stereocenters. The molecule has 3 nitrogen and oxygen atoms in total. The van der Waals surface area contributed by atoms with Crippen molar-refractivity contribution in [2.45, 2.75) is 19.9 Å². The lowest BCUT2D eigenvalue weighted by atomic mass is 10.2. The lowest BCUT2D eigenvalue weighted by Crippen LogP contribution is -2.44. The molecule has 4 heteroatoms. The lowest BCUT2D eigenvalue weighted by molar-refractivity contribution is 0.187. The van der Waals surface area contributed by atoms with E-state index in [4.69, 9.17) is 4.98 Å². The van der Waals surface area contributed by atoms with Crippen molar-refractivity contribution < 1.29 is 0 Å². The van der Waals surface area contributed by atoms with E-state index < -0.39 is 0 Å². The van der Waals surface area contributed by atoms with Crippen LogP contribution >= 0.6 is 11.3 Å². The summed E-state index contributed by atoms with van der Waals surface area (Å²) in [5, 5.41) is 4.55. The molecule has 106 valence electrons. The molecule has 1 aromatic carbocycles. The zero-order chi connectivity index (χ0) is 13.9. The number of aromatic nitrogens is 1. The molecule has 20 heavy (non-hydrogen) atoms. The molecule has 0 aliphatic carbocycles. The van der Waals surface area contributed by atoms with Crippen LogP contribution in [0.4, 0.5) is 0 Å². The quantitative estimate of drug-likeness (QED) is 0.940. The number of benzene rings is 1. The third kappa shape index (κ3) is 2.77. The predicted molar refractivity (Wildman–Crippen MR) is 85.1 cm³/mol. The summed E-state index contributed by atoms with van der Waals surface area (Å²) in [7, 11) is 0. The Balaban J connectivity index is 1.85. The van der Waals surface area contributed by atoms with Gasteiger partial charge in [-0.3, -0.25) is 4.90 Å². The molecule has 0 radical (unpaired) electrons. The highest BCUT2D eigenvalue weighted by atomic mass is 32.1. The molecule has 0 bridgehead atoms. The van der Waals surface area contributed by atoms with Crippen LogP contribution in [0, 0.1) is 6.92 Å². The SMILES string of the molecule is Cc1nc(-c2ccccc2)sc1C(C)N1CCNCC1. The number of piperazine rings is 1. The van der Waals surface area contributed by atoms with Gasteiger partial charge >= 0.3 is 0 Å². The average molecular weight is 287 g/mol. The first-order chi connectivity index (χ1) is 9.75. The van der Waals surface area contributed by atoms with Crippen molar-refractivity contribution in [2.75, 3.05) is 26.2 Å². The van der Waals surface area contributed by atoms with E-state index in [1.54, 1.807) is 0 Å². The smallest absolute Gasteiger partial charge is 0.123 e. The van der Waals surface area contributed by atoms with Gasteiger partial charge in [0, 0.05) is 42.7 Å². The fourth-order valence-electron chi connectivity index (χ4n) is 2.74. The molecule has 0 spiro atoms. The van der Waals surface area contributed by atoms with Gasteiger partial charge in [-0.25, -0.2) is 4.98 Å². The van der Waals surface area contributed by atoms with Crippen LogP contribution in [-0.2, 0) is 0 Å². The Kier molecular flexibility index (Phi) is 4.15. The summed E-state index contributed by atoms with van der Waals surface area (Å²) >= 11 is 1.84. The van der Waals surface area contributed by atoms with Crippen LogP contribution in [-0.4, -0.2) is 36.1 Å². The Morgan fingerprint density at radius 3 is 2.60 bits per heavy atom. The van der Waals surface area contributed by atoms with Crippen LogP contribution in [0.5, 0.6) is 0 Å². The topological polar surface area (TPSA) is 28.2 Å². The van der Waals surface area contributed by atoms with Crippen LogP contribution in [0.25, 0.3) is 10.6 Å². The van der Waals surface area contributed by atoms with Crippen LogP contribution in [0.1, 0.15) is 23.5 Å². The highest BCUT2D eigenvalue weighted by Gasteiger charge is 2.22. The molecule has 3 rings (SSSR count). The number of aryl methyl sites for hydroxylation is 1. The van der Waals surface area contributed by atoms with Crippen molar-refractivity contribution in [1.29, 1.82) is 0 Å². The summed E-state index contributed by atoms with van der Waals surface area (Å²) in [6.07, 6.45) is 0. The van der Waals surface area contributed by atoms with E-state index in [-0.39, 0.29) is 0 Å². The Bertz CT molecular complexity index is 558. The summed E-state index contributed by atoms with van der Waals surface area (Å²) in [5.74, 6) is 0. The van der Waals surface area contributed by atoms with Crippen LogP contribution in [0.2, 0.25) is 0 Å². The molecular weight excluding hydrogens is 266 g/mol. The maximum Gasteiger partial charge on any atom is 0.123 e. The van der Waals surface area contributed by atoms with Gasteiger partial charge in [0.05, 0.1) is 5.69 Å². The highest BCUT2D eigenvalue weighted by Crippen LogP contribution is 2.34. The van der Waals surface area contributed by atoms with Gasteiger partial charge in [-0.1, -0.05) is 30.3 Å². The molecular formula is C16H21N3S. The van der Waals surface area contributed by atoms with Crippen molar-refractivity contribution in [3.8, 4) is 10.6 Å². The first-order valence-corrected chi connectivity index (χ1v) is 8.05. The number of nitrogens with one attached hydrogen (secondary N) is 1. The molecule has 2 heterocycles. The molecule has 2 aromatic rings. The molecule has 1 aromatic heterocycles. The highest BCUT2D eigenvalue weighted by molar-refractivity contribution is 7.15. The van der Waals surface area contributed by atoms with Crippen molar-refractivity contribution in [3.63, 3.8) is 0 Å². The van der Waals surface area contributed by atoms with Crippen molar-refractivity contribution in [1.82, 2.24) is 15.2 Å². The number of thiazole rings is 1. The summed E-state index contributed by atoms with van der Waals surface area (Å²) in [5.41, 5.74) is 2.40. The molecule has 1 fully saturated rings. The number of hydrogen-bond acceptors (Lipinski definition) is 4. The van der Waals surface area contributed by atoms with Gasteiger partial charge in [0.1, 0.15) is 5.01 Å². The third-order valence-corrected chi connectivity index (χ3v) is 5.31. The second kappa shape index (κ2) is 6.04. The second-order valence-corrected chi connectivity index (χ2v) is 6.33. The van der Waals surface area contributed by atoms with Gasteiger partial charge in [-0.2, -0.15) is 0 Å². The van der Waals surface area contributed by atoms with Crippen molar-refractivity contribution in [2.24, 2.45) is 0 Å². The minimum Gasteiger partial charge on any atom is -0.314 e. The van der Waals surface area contributed by atoms with Crippen LogP contribution in [0.3, 0.4) is 0 Å². The first kappa shape index (κ1) is 13.7. The molecule has 1 aliphatic rings. The zero-order valence-electron chi connectivity index (χ0n) is 12.1. The summed E-state index contributed by atoms with van der Waals surface area (Å²) in [6.45, 7) is 8.87. The minimum atomic E-state index is 0.465. The summed E-state index contributed by atoms with van der Waals surface area (Å²) in [6, 6.07) is 10.9. The second-order valence-electron chi connectivity index (χ2n) is 5.30. The van der Waals surface area contributed by atoms with Gasteiger partial charge in [-0.05, 0) is 13.8 Å². The van der Waals surface area contributed by atoms with Gasteiger partial charge in [0.25, 0.3) is 0 Å². The monoisotopic (exact) mass is 287 g/mol. The van der Waals surface area contributed by atoms with Gasteiger partial charge < -0.3 is 5.32 Å². The average Bonchev–Trinajstić information content (AvgIpc) is 2.90. The maximum atomic E-state index is 4.77. The van der Waals surface area contributed by atoms with Crippen LogP contribution in [0.15, 0.2) is 30.3 Å². The van der Waals surface area contributed by atoms with Crippen LogP contribution < -0.4 is 5.32 Å². The van der Waals surface area contributed by atoms with Crippen molar-refractivity contribution in [3.05, 3.63) is 40.9 Å². The van der Waals surface area contributed by atoms with E-state index in [0.29, 0.717) is 6.04 Å². The van der Waals surface area contributed by atoms with E-state index in [2.05, 4.69) is 48.3 Å². The number of nitrogens with zero attached hydrogens (tertiary/aromatic N) is 2. The standard InChI is InChI=1S/C16H21N3S/c1-12-15(13(2)19-10-8-17-9-11-19)20-16(18-12)14-6-4-3-5-7-14/h3-7,13,17H,8-11H2,1-2H3. The Morgan fingerprint density at radius 1 is 1.20 bits per heavy atom. The number of rotatable bonds is 3. The van der Waals surface area contributed by atoms with Gasteiger partial charge in [-0.15, -0.1) is 11.3 Å². The van der Waals surface area contributed by atoms with E-state index in [1.807, 2.05) is 17.4 Å². The molecule has 0 saturated carbocycles.